The van der Waals surface area contributed by atoms with Gasteiger partial charge in [-0.05, 0) is 12.1 Å². The first kappa shape index (κ1) is 11.3. The fourth-order valence-corrected chi connectivity index (χ4v) is 1.24. The van der Waals surface area contributed by atoms with Gasteiger partial charge in [0.05, 0.1) is 26.3 Å². The summed E-state index contributed by atoms with van der Waals surface area (Å²) in [7, 11) is 2.60. The van der Waals surface area contributed by atoms with Crippen LogP contribution in [0.25, 0.3) is 0 Å². The molecular weight excluding hydrogens is 201 g/mol. The molecule has 1 rings (SSSR count). The molecule has 0 spiro atoms. The van der Waals surface area contributed by atoms with Crippen molar-refractivity contribution in [1.29, 1.82) is 0 Å². The smallest absolute Gasteiger partial charge is 0.310 e. The summed E-state index contributed by atoms with van der Waals surface area (Å²) in [5, 5.41) is 0. The summed E-state index contributed by atoms with van der Waals surface area (Å²) >= 11 is 0. The molecule has 0 atom stereocenters. The number of anilines is 1. The minimum atomic E-state index is -0.544. The van der Waals surface area contributed by atoms with Crippen LogP contribution in [0.1, 0.15) is 5.56 Å². The molecule has 1 aromatic rings. The fourth-order valence-electron chi connectivity index (χ4n) is 1.24. The van der Waals surface area contributed by atoms with Crippen molar-refractivity contribution < 1.29 is 18.7 Å². The molecule has 4 nitrogen and oxygen atoms in total. The third-order valence-corrected chi connectivity index (χ3v) is 1.99. The lowest BCUT2D eigenvalue weighted by Gasteiger charge is -2.10. The van der Waals surface area contributed by atoms with Gasteiger partial charge in [0.25, 0.3) is 0 Å². The molecule has 5 heteroatoms. The first-order chi connectivity index (χ1) is 7.10. The second kappa shape index (κ2) is 4.63. The molecule has 0 aliphatic rings. The maximum absolute atomic E-state index is 13.4. The lowest BCUT2D eigenvalue weighted by atomic mass is 10.1. The van der Waals surface area contributed by atoms with Crippen molar-refractivity contribution in [2.24, 2.45) is 0 Å². The van der Waals surface area contributed by atoms with Crippen LogP contribution in [-0.4, -0.2) is 20.2 Å². The number of nitrogen functional groups attached to an aromatic ring is 1. The number of benzene rings is 1. The van der Waals surface area contributed by atoms with E-state index in [-0.39, 0.29) is 23.4 Å². The van der Waals surface area contributed by atoms with Crippen molar-refractivity contribution >= 4 is 11.7 Å². The second-order valence-corrected chi connectivity index (χ2v) is 2.90. The highest BCUT2D eigenvalue weighted by Gasteiger charge is 2.16. The molecule has 0 fully saturated rings. The van der Waals surface area contributed by atoms with Crippen LogP contribution < -0.4 is 10.5 Å². The van der Waals surface area contributed by atoms with Crippen molar-refractivity contribution in [3.05, 3.63) is 23.5 Å². The number of carbonyl (C=O) groups excluding carboxylic acids is 1. The average Bonchev–Trinajstić information content (AvgIpc) is 2.23. The van der Waals surface area contributed by atoms with Gasteiger partial charge in [-0.15, -0.1) is 0 Å². The van der Waals surface area contributed by atoms with E-state index in [0.29, 0.717) is 0 Å². The molecule has 0 amide bonds. The molecule has 0 heterocycles. The van der Waals surface area contributed by atoms with Crippen LogP contribution in [-0.2, 0) is 16.0 Å². The SMILES string of the molecule is COC(=O)Cc1c(F)ccc(N)c1OC. The lowest BCUT2D eigenvalue weighted by molar-refractivity contribution is -0.139. The Balaban J connectivity index is 3.13. The third kappa shape index (κ3) is 2.37. The predicted molar refractivity (Wildman–Crippen MR) is 53.1 cm³/mol. The van der Waals surface area contributed by atoms with Gasteiger partial charge in [0.1, 0.15) is 11.6 Å². The van der Waals surface area contributed by atoms with Gasteiger partial charge in [0.15, 0.2) is 0 Å². The standard InChI is InChI=1S/C10H12FNO3/c1-14-9(13)5-6-7(11)3-4-8(12)10(6)15-2/h3-4H,5,12H2,1-2H3. The van der Waals surface area contributed by atoms with E-state index in [0.717, 1.165) is 0 Å². The van der Waals surface area contributed by atoms with Crippen molar-refractivity contribution in [3.63, 3.8) is 0 Å². The van der Waals surface area contributed by atoms with Gasteiger partial charge in [0, 0.05) is 5.56 Å². The number of esters is 1. The summed E-state index contributed by atoms with van der Waals surface area (Å²) in [6.45, 7) is 0. The van der Waals surface area contributed by atoms with Crippen LogP contribution in [0, 0.1) is 5.82 Å². The largest absolute Gasteiger partial charge is 0.494 e. The first-order valence-electron chi connectivity index (χ1n) is 4.27. The van der Waals surface area contributed by atoms with E-state index < -0.39 is 11.8 Å². The van der Waals surface area contributed by atoms with E-state index in [2.05, 4.69) is 4.74 Å². The van der Waals surface area contributed by atoms with Gasteiger partial charge in [-0.25, -0.2) is 4.39 Å². The van der Waals surface area contributed by atoms with Gasteiger partial charge in [-0.1, -0.05) is 0 Å². The lowest BCUT2D eigenvalue weighted by Crippen LogP contribution is -2.09. The molecule has 15 heavy (non-hydrogen) atoms. The highest BCUT2D eigenvalue weighted by Crippen LogP contribution is 2.28. The van der Waals surface area contributed by atoms with Crippen molar-refractivity contribution in [2.45, 2.75) is 6.42 Å². The molecule has 82 valence electrons. The van der Waals surface area contributed by atoms with Crippen molar-refractivity contribution in [2.75, 3.05) is 20.0 Å². The average molecular weight is 213 g/mol. The number of methoxy groups -OCH3 is 2. The molecule has 0 saturated heterocycles. The van der Waals surface area contributed by atoms with E-state index in [1.807, 2.05) is 0 Å². The summed E-state index contributed by atoms with van der Waals surface area (Å²) < 4.78 is 22.7. The van der Waals surface area contributed by atoms with Gasteiger partial charge in [-0.2, -0.15) is 0 Å². The van der Waals surface area contributed by atoms with E-state index in [4.69, 9.17) is 10.5 Å². The summed E-state index contributed by atoms with van der Waals surface area (Å²) in [6, 6.07) is 2.57. The topological polar surface area (TPSA) is 61.5 Å². The number of hydrogen-bond donors (Lipinski definition) is 1. The Hall–Kier alpha value is -1.78. The summed E-state index contributed by atoms with van der Waals surface area (Å²) in [6.07, 6.45) is -0.198. The number of rotatable bonds is 3. The highest BCUT2D eigenvalue weighted by molar-refractivity contribution is 5.75. The Morgan fingerprint density at radius 1 is 1.47 bits per heavy atom. The summed E-state index contributed by atoms with van der Waals surface area (Å²) in [5.41, 5.74) is 5.98. The van der Waals surface area contributed by atoms with Gasteiger partial charge < -0.3 is 15.2 Å². The maximum Gasteiger partial charge on any atom is 0.310 e. The molecule has 0 aromatic heterocycles. The van der Waals surface area contributed by atoms with Crippen molar-refractivity contribution in [1.82, 2.24) is 0 Å². The first-order valence-corrected chi connectivity index (χ1v) is 4.27. The Kier molecular flexibility index (Phi) is 3.49. The van der Waals surface area contributed by atoms with Crippen LogP contribution >= 0.6 is 0 Å². The number of halogens is 1. The minimum Gasteiger partial charge on any atom is -0.494 e. The molecule has 1 aromatic carbocycles. The molecular formula is C10H12FNO3. The maximum atomic E-state index is 13.4. The van der Waals surface area contributed by atoms with Crippen LogP contribution in [0.2, 0.25) is 0 Å². The van der Waals surface area contributed by atoms with Crippen LogP contribution in [0.3, 0.4) is 0 Å². The normalized spacial score (nSPS) is 9.80. The number of ether oxygens (including phenoxy) is 2. The van der Waals surface area contributed by atoms with E-state index in [1.165, 1.54) is 26.4 Å². The van der Waals surface area contributed by atoms with Crippen molar-refractivity contribution in [3.8, 4) is 5.75 Å². The molecule has 0 saturated carbocycles. The molecule has 0 bridgehead atoms. The quantitative estimate of drug-likeness (QED) is 0.604. The van der Waals surface area contributed by atoms with Crippen LogP contribution in [0.4, 0.5) is 10.1 Å². The zero-order valence-corrected chi connectivity index (χ0v) is 8.54. The number of nitrogens with two attached hydrogens (primary N) is 1. The number of carbonyl (C=O) groups is 1. The zero-order chi connectivity index (χ0) is 11.4. The third-order valence-electron chi connectivity index (χ3n) is 1.99. The van der Waals surface area contributed by atoms with Gasteiger partial charge in [0.2, 0.25) is 0 Å². The molecule has 0 aliphatic carbocycles. The second-order valence-electron chi connectivity index (χ2n) is 2.90. The summed E-state index contributed by atoms with van der Waals surface area (Å²) in [4.78, 5) is 11.0. The van der Waals surface area contributed by atoms with E-state index in [9.17, 15) is 9.18 Å². The monoisotopic (exact) mass is 213 g/mol. The van der Waals surface area contributed by atoms with Gasteiger partial charge >= 0.3 is 5.97 Å². The Morgan fingerprint density at radius 2 is 2.13 bits per heavy atom. The van der Waals surface area contributed by atoms with E-state index >= 15 is 0 Å². The molecule has 0 radical (unpaired) electrons. The molecule has 0 aliphatic heterocycles. The minimum absolute atomic E-state index is 0.115. The van der Waals surface area contributed by atoms with Crippen LogP contribution in [0.5, 0.6) is 5.75 Å². The summed E-state index contributed by atoms with van der Waals surface area (Å²) in [5.74, 6) is -0.898. The van der Waals surface area contributed by atoms with Gasteiger partial charge in [-0.3, -0.25) is 4.79 Å². The highest BCUT2D eigenvalue weighted by atomic mass is 19.1. The molecule has 0 unspecified atom stereocenters. The Morgan fingerprint density at radius 3 is 2.67 bits per heavy atom. The molecule has 2 N–H and O–H groups in total. The van der Waals surface area contributed by atoms with Crippen LogP contribution in [0.15, 0.2) is 12.1 Å². The van der Waals surface area contributed by atoms with E-state index in [1.54, 1.807) is 0 Å². The Labute approximate surface area is 86.8 Å². The Bertz CT molecular complexity index is 379. The number of hydrogen-bond acceptors (Lipinski definition) is 4. The fraction of sp³-hybridized carbons (Fsp3) is 0.300. The zero-order valence-electron chi connectivity index (χ0n) is 8.54. The predicted octanol–water partition coefficient (Wildman–Crippen LogP) is 1.13.